The Hall–Kier alpha value is -2.51. The molecular weight excluding hydrogens is 412 g/mol. The summed E-state index contributed by atoms with van der Waals surface area (Å²) < 4.78 is 5.99. The molecule has 1 fully saturated rings. The fourth-order valence-electron chi connectivity index (χ4n) is 3.27. The van der Waals surface area contributed by atoms with Crippen LogP contribution in [0, 0.1) is 5.92 Å². The molecule has 0 radical (unpaired) electrons. The van der Waals surface area contributed by atoms with E-state index in [0.717, 1.165) is 9.37 Å². The predicted octanol–water partition coefficient (Wildman–Crippen LogP) is 2.75. The molecule has 2 aromatic carbocycles. The quantitative estimate of drug-likeness (QED) is 0.581. The normalized spacial score (nSPS) is 19.1. The summed E-state index contributed by atoms with van der Waals surface area (Å²) in [5.41, 5.74) is 5.62. The molecule has 140 valence electrons. The average molecular weight is 431 g/mol. The number of benzene rings is 2. The third kappa shape index (κ3) is 3.40. The smallest absolute Gasteiger partial charge is 0.331 e. The van der Waals surface area contributed by atoms with Crippen LogP contribution in [-0.4, -0.2) is 24.4 Å². The minimum Gasteiger partial charge on any atom is -0.464 e. The van der Waals surface area contributed by atoms with Crippen molar-refractivity contribution in [3.8, 4) is 0 Å². The van der Waals surface area contributed by atoms with Crippen LogP contribution < -0.4 is 10.6 Å². The highest BCUT2D eigenvalue weighted by atomic mass is 79.9. The van der Waals surface area contributed by atoms with E-state index in [4.69, 9.17) is 10.5 Å². The molecule has 2 amide bonds. The van der Waals surface area contributed by atoms with Gasteiger partial charge in [0.2, 0.25) is 11.8 Å². The van der Waals surface area contributed by atoms with Crippen molar-refractivity contribution in [3.05, 3.63) is 64.6 Å². The summed E-state index contributed by atoms with van der Waals surface area (Å²) in [7, 11) is 0. The number of esters is 1. The molecule has 6 nitrogen and oxygen atoms in total. The molecule has 1 heterocycles. The van der Waals surface area contributed by atoms with Gasteiger partial charge in [-0.1, -0.05) is 46.3 Å². The minimum absolute atomic E-state index is 0.121. The van der Waals surface area contributed by atoms with Crippen molar-refractivity contribution >= 4 is 39.4 Å². The van der Waals surface area contributed by atoms with Gasteiger partial charge < -0.3 is 10.5 Å². The maximum atomic E-state index is 13.1. The number of halogens is 1. The van der Waals surface area contributed by atoms with Gasteiger partial charge in [-0.15, -0.1) is 0 Å². The van der Waals surface area contributed by atoms with Crippen LogP contribution in [0.15, 0.2) is 59.1 Å². The summed E-state index contributed by atoms with van der Waals surface area (Å²) in [6, 6.07) is 15.4. The highest BCUT2D eigenvalue weighted by Gasteiger charge is 2.55. The lowest BCUT2D eigenvalue weighted by Gasteiger charge is -2.31. The van der Waals surface area contributed by atoms with Crippen LogP contribution in [0.4, 0.5) is 5.69 Å². The largest absolute Gasteiger partial charge is 0.464 e. The molecule has 1 saturated heterocycles. The van der Waals surface area contributed by atoms with Gasteiger partial charge in [0.1, 0.15) is 0 Å². The number of nitrogens with zero attached hydrogens (tertiary/aromatic N) is 1. The van der Waals surface area contributed by atoms with E-state index < -0.39 is 29.2 Å². The van der Waals surface area contributed by atoms with Gasteiger partial charge in [0.15, 0.2) is 5.54 Å². The summed E-state index contributed by atoms with van der Waals surface area (Å²) in [5.74, 6) is -2.68. The van der Waals surface area contributed by atoms with E-state index in [1.54, 1.807) is 61.5 Å². The minimum atomic E-state index is -1.74. The lowest BCUT2D eigenvalue weighted by atomic mass is 9.77. The fraction of sp³-hybridized carbons (Fsp3) is 0.250. The summed E-state index contributed by atoms with van der Waals surface area (Å²) in [6.07, 6.45) is -0.168. The molecule has 2 N–H and O–H groups in total. The Labute approximate surface area is 165 Å². The zero-order valence-corrected chi connectivity index (χ0v) is 16.3. The molecule has 1 aliphatic rings. The molecule has 0 saturated carbocycles. The SMILES string of the molecule is CCOC(=O)[C@](N)(c1ccccc1)[C@H]1CC(=O)N(c2ccc(Br)cc2)C1=O. The second-order valence-electron chi connectivity index (χ2n) is 6.26. The number of rotatable bonds is 5. The topological polar surface area (TPSA) is 89.7 Å². The van der Waals surface area contributed by atoms with Crippen molar-refractivity contribution in [2.24, 2.45) is 11.7 Å². The van der Waals surface area contributed by atoms with Gasteiger partial charge in [0.25, 0.3) is 0 Å². The lowest BCUT2D eigenvalue weighted by Crippen LogP contribution is -2.54. The first kappa shape index (κ1) is 19.3. The zero-order chi connectivity index (χ0) is 19.6. The molecule has 2 atom stereocenters. The second-order valence-corrected chi connectivity index (χ2v) is 7.17. The Balaban J connectivity index is 2.03. The third-order valence-electron chi connectivity index (χ3n) is 4.65. The van der Waals surface area contributed by atoms with Gasteiger partial charge in [0, 0.05) is 10.9 Å². The molecule has 3 rings (SSSR count). The van der Waals surface area contributed by atoms with Crippen LogP contribution in [0.2, 0.25) is 0 Å². The maximum absolute atomic E-state index is 13.1. The Morgan fingerprint density at radius 3 is 2.41 bits per heavy atom. The molecule has 27 heavy (non-hydrogen) atoms. The van der Waals surface area contributed by atoms with Crippen LogP contribution in [0.3, 0.4) is 0 Å². The number of carbonyl (C=O) groups is 3. The number of carbonyl (C=O) groups excluding carboxylic acids is 3. The van der Waals surface area contributed by atoms with E-state index in [1.165, 1.54) is 0 Å². The number of ether oxygens (including phenoxy) is 1. The number of imide groups is 1. The van der Waals surface area contributed by atoms with Crippen molar-refractivity contribution in [2.75, 3.05) is 11.5 Å². The maximum Gasteiger partial charge on any atom is 0.331 e. The van der Waals surface area contributed by atoms with E-state index in [-0.39, 0.29) is 13.0 Å². The monoisotopic (exact) mass is 430 g/mol. The molecule has 7 heteroatoms. The van der Waals surface area contributed by atoms with Gasteiger partial charge in [-0.25, -0.2) is 4.79 Å². The Morgan fingerprint density at radius 2 is 1.81 bits per heavy atom. The Kier molecular flexibility index (Phi) is 5.43. The highest BCUT2D eigenvalue weighted by molar-refractivity contribution is 9.10. The first-order valence-electron chi connectivity index (χ1n) is 8.53. The van der Waals surface area contributed by atoms with Crippen LogP contribution >= 0.6 is 15.9 Å². The average Bonchev–Trinajstić information content (AvgIpc) is 2.97. The van der Waals surface area contributed by atoms with Crippen LogP contribution in [0.25, 0.3) is 0 Å². The second kappa shape index (κ2) is 7.62. The van der Waals surface area contributed by atoms with Crippen molar-refractivity contribution in [1.82, 2.24) is 0 Å². The van der Waals surface area contributed by atoms with Crippen molar-refractivity contribution < 1.29 is 19.1 Å². The van der Waals surface area contributed by atoms with E-state index in [9.17, 15) is 14.4 Å². The van der Waals surface area contributed by atoms with Crippen LogP contribution in [-0.2, 0) is 24.7 Å². The predicted molar refractivity (Wildman–Crippen MR) is 104 cm³/mol. The van der Waals surface area contributed by atoms with E-state index >= 15 is 0 Å². The third-order valence-corrected chi connectivity index (χ3v) is 5.17. The van der Waals surface area contributed by atoms with Gasteiger partial charge in [0.05, 0.1) is 18.2 Å². The molecule has 0 spiro atoms. The molecule has 1 aliphatic heterocycles. The summed E-state index contributed by atoms with van der Waals surface area (Å²) in [4.78, 5) is 39.6. The van der Waals surface area contributed by atoms with Crippen molar-refractivity contribution in [1.29, 1.82) is 0 Å². The van der Waals surface area contributed by atoms with E-state index in [1.807, 2.05) is 0 Å². The molecular formula is C20H19BrN2O4. The first-order chi connectivity index (χ1) is 12.9. The number of nitrogens with two attached hydrogens (primary N) is 1. The van der Waals surface area contributed by atoms with Crippen LogP contribution in [0.1, 0.15) is 18.9 Å². The Morgan fingerprint density at radius 1 is 1.19 bits per heavy atom. The van der Waals surface area contributed by atoms with Gasteiger partial charge >= 0.3 is 5.97 Å². The first-order valence-corrected chi connectivity index (χ1v) is 9.32. The number of hydrogen-bond acceptors (Lipinski definition) is 5. The summed E-state index contributed by atoms with van der Waals surface area (Å²) >= 11 is 3.33. The Bertz CT molecular complexity index is 869. The van der Waals surface area contributed by atoms with Gasteiger partial charge in [-0.3, -0.25) is 14.5 Å². The molecule has 0 aliphatic carbocycles. The standard InChI is InChI=1S/C20H19BrN2O4/c1-2-27-19(26)20(22,13-6-4-3-5-7-13)16-12-17(24)23(18(16)25)15-10-8-14(21)9-11-15/h3-11,16H,2,12,22H2,1H3/t16-,20-/m0/s1. The zero-order valence-electron chi connectivity index (χ0n) is 14.7. The molecule has 0 bridgehead atoms. The molecule has 2 aromatic rings. The number of amides is 2. The number of hydrogen-bond donors (Lipinski definition) is 1. The molecule has 0 unspecified atom stereocenters. The highest BCUT2D eigenvalue weighted by Crippen LogP contribution is 2.38. The summed E-state index contributed by atoms with van der Waals surface area (Å²) in [5, 5.41) is 0. The van der Waals surface area contributed by atoms with Crippen LogP contribution in [0.5, 0.6) is 0 Å². The fourth-order valence-corrected chi connectivity index (χ4v) is 3.54. The van der Waals surface area contributed by atoms with Crippen molar-refractivity contribution in [3.63, 3.8) is 0 Å². The lowest BCUT2D eigenvalue weighted by molar-refractivity contribution is -0.154. The van der Waals surface area contributed by atoms with Gasteiger partial charge in [-0.2, -0.15) is 0 Å². The number of anilines is 1. The summed E-state index contributed by atoms with van der Waals surface area (Å²) in [6.45, 7) is 1.79. The van der Waals surface area contributed by atoms with E-state index in [2.05, 4.69) is 15.9 Å². The van der Waals surface area contributed by atoms with Crippen molar-refractivity contribution in [2.45, 2.75) is 18.9 Å². The van der Waals surface area contributed by atoms with Gasteiger partial charge in [-0.05, 0) is 36.8 Å². The van der Waals surface area contributed by atoms with E-state index in [0.29, 0.717) is 11.3 Å². The molecule has 0 aromatic heterocycles.